The van der Waals surface area contributed by atoms with E-state index in [1.807, 2.05) is 18.2 Å². The maximum atomic E-state index is 12.1. The second-order valence-corrected chi connectivity index (χ2v) is 3.96. The van der Waals surface area contributed by atoms with E-state index < -0.39 is 5.97 Å². The molecule has 0 spiro atoms. The summed E-state index contributed by atoms with van der Waals surface area (Å²) in [6.07, 6.45) is -0.0280. The fourth-order valence-electron chi connectivity index (χ4n) is 1.70. The van der Waals surface area contributed by atoms with Crippen LogP contribution in [0.5, 0.6) is 0 Å². The lowest BCUT2D eigenvalue weighted by Gasteiger charge is -2.02. The molecule has 0 atom stereocenters. The van der Waals surface area contributed by atoms with Crippen LogP contribution in [0.2, 0.25) is 0 Å². The second kappa shape index (κ2) is 5.27. The van der Waals surface area contributed by atoms with Crippen molar-refractivity contribution < 1.29 is 14.7 Å². The van der Waals surface area contributed by atoms with E-state index in [9.17, 15) is 9.59 Å². The van der Waals surface area contributed by atoms with Crippen LogP contribution >= 0.6 is 0 Å². The molecule has 0 fully saturated rings. The number of carboxylic acids is 1. The number of benzene rings is 2. The van der Waals surface area contributed by atoms with Crippen LogP contribution in [0, 0.1) is 0 Å². The van der Waals surface area contributed by atoms with Crippen molar-refractivity contribution in [3.8, 4) is 0 Å². The molecule has 18 heavy (non-hydrogen) atoms. The highest BCUT2D eigenvalue weighted by molar-refractivity contribution is 6.08. The van der Waals surface area contributed by atoms with Crippen LogP contribution in [0.4, 0.5) is 0 Å². The number of rotatable bonds is 4. The predicted molar refractivity (Wildman–Crippen MR) is 67.7 cm³/mol. The summed E-state index contributed by atoms with van der Waals surface area (Å²) < 4.78 is 0. The molecular weight excluding hydrogens is 228 g/mol. The number of carboxylic acid groups (broad SMARTS) is 1. The second-order valence-electron chi connectivity index (χ2n) is 3.96. The van der Waals surface area contributed by atoms with Crippen molar-refractivity contribution in [2.75, 3.05) is 0 Å². The topological polar surface area (TPSA) is 54.4 Å². The van der Waals surface area contributed by atoms with Crippen molar-refractivity contribution in [2.24, 2.45) is 0 Å². The molecule has 2 aromatic rings. The molecule has 0 bridgehead atoms. The van der Waals surface area contributed by atoms with E-state index in [4.69, 9.17) is 5.11 Å². The Morgan fingerprint density at radius 3 is 1.94 bits per heavy atom. The standard InChI is InChI=1S/C15H12O3/c16-14(17)10-11-6-8-13(9-7-11)15(18)12-4-2-1-3-5-12/h1-9H,10H2,(H,16,17). The highest BCUT2D eigenvalue weighted by Gasteiger charge is 2.08. The molecule has 0 aliphatic carbocycles. The first-order valence-corrected chi connectivity index (χ1v) is 5.57. The third-order valence-electron chi connectivity index (χ3n) is 2.61. The SMILES string of the molecule is O=C(O)Cc1ccc(C(=O)c2ccccc2)cc1. The summed E-state index contributed by atoms with van der Waals surface area (Å²) >= 11 is 0. The van der Waals surface area contributed by atoms with Crippen molar-refractivity contribution in [2.45, 2.75) is 6.42 Å². The first-order chi connectivity index (χ1) is 8.66. The summed E-state index contributed by atoms with van der Waals surface area (Å²) in [6.45, 7) is 0. The highest BCUT2D eigenvalue weighted by atomic mass is 16.4. The van der Waals surface area contributed by atoms with E-state index >= 15 is 0 Å². The number of hydrogen-bond donors (Lipinski definition) is 1. The quantitative estimate of drug-likeness (QED) is 0.835. The minimum Gasteiger partial charge on any atom is -0.481 e. The Kier molecular flexibility index (Phi) is 3.53. The van der Waals surface area contributed by atoms with Gasteiger partial charge in [0.15, 0.2) is 5.78 Å². The summed E-state index contributed by atoms with van der Waals surface area (Å²) in [5.41, 5.74) is 1.88. The molecule has 2 aromatic carbocycles. The van der Waals surface area contributed by atoms with E-state index in [0.717, 1.165) is 0 Å². The first-order valence-electron chi connectivity index (χ1n) is 5.57. The van der Waals surface area contributed by atoms with Gasteiger partial charge >= 0.3 is 5.97 Å². The van der Waals surface area contributed by atoms with E-state index in [2.05, 4.69) is 0 Å². The third-order valence-corrected chi connectivity index (χ3v) is 2.61. The normalized spacial score (nSPS) is 10.0. The lowest BCUT2D eigenvalue weighted by molar-refractivity contribution is -0.136. The van der Waals surface area contributed by atoms with Gasteiger partial charge in [-0.25, -0.2) is 0 Å². The molecule has 3 nitrogen and oxygen atoms in total. The Labute approximate surface area is 105 Å². The van der Waals surface area contributed by atoms with Gasteiger partial charge in [-0.1, -0.05) is 54.6 Å². The zero-order chi connectivity index (χ0) is 13.0. The maximum absolute atomic E-state index is 12.1. The highest BCUT2D eigenvalue weighted by Crippen LogP contribution is 2.11. The van der Waals surface area contributed by atoms with E-state index in [-0.39, 0.29) is 12.2 Å². The lowest BCUT2D eigenvalue weighted by Crippen LogP contribution is -2.03. The Hall–Kier alpha value is -2.42. The fraction of sp³-hybridized carbons (Fsp3) is 0.0667. The Morgan fingerprint density at radius 2 is 1.39 bits per heavy atom. The summed E-state index contributed by atoms with van der Waals surface area (Å²) in [5.74, 6) is -0.936. The Morgan fingerprint density at radius 1 is 0.833 bits per heavy atom. The van der Waals surface area contributed by atoms with E-state index in [0.29, 0.717) is 16.7 Å². The smallest absolute Gasteiger partial charge is 0.307 e. The minimum absolute atomic E-state index is 0.0280. The van der Waals surface area contributed by atoms with Gasteiger partial charge in [0.05, 0.1) is 6.42 Å². The maximum Gasteiger partial charge on any atom is 0.307 e. The Balaban J connectivity index is 2.20. The Bertz CT molecular complexity index is 556. The molecule has 0 heterocycles. The van der Waals surface area contributed by atoms with Gasteiger partial charge in [0.1, 0.15) is 0 Å². The number of carbonyl (C=O) groups is 2. The monoisotopic (exact) mass is 240 g/mol. The first kappa shape index (κ1) is 12.0. The number of ketones is 1. The van der Waals surface area contributed by atoms with Crippen LogP contribution in [-0.2, 0) is 11.2 Å². The van der Waals surface area contributed by atoms with Crippen LogP contribution in [0.15, 0.2) is 54.6 Å². The molecule has 0 aromatic heterocycles. The molecule has 0 saturated heterocycles. The predicted octanol–water partition coefficient (Wildman–Crippen LogP) is 2.54. The van der Waals surface area contributed by atoms with E-state index in [1.165, 1.54) is 0 Å². The minimum atomic E-state index is -0.878. The summed E-state index contributed by atoms with van der Waals surface area (Å²) in [7, 11) is 0. The van der Waals surface area contributed by atoms with Gasteiger partial charge in [-0.05, 0) is 5.56 Å². The molecule has 0 radical (unpaired) electrons. The molecule has 0 saturated carbocycles. The number of carbonyl (C=O) groups excluding carboxylic acids is 1. The third kappa shape index (κ3) is 2.83. The fourth-order valence-corrected chi connectivity index (χ4v) is 1.70. The van der Waals surface area contributed by atoms with Crippen molar-refractivity contribution in [1.29, 1.82) is 0 Å². The average Bonchev–Trinajstić information content (AvgIpc) is 2.39. The summed E-state index contributed by atoms with van der Waals surface area (Å²) in [4.78, 5) is 22.6. The largest absolute Gasteiger partial charge is 0.481 e. The molecule has 0 unspecified atom stereocenters. The van der Waals surface area contributed by atoms with Gasteiger partial charge in [0, 0.05) is 11.1 Å². The van der Waals surface area contributed by atoms with E-state index in [1.54, 1.807) is 36.4 Å². The molecule has 3 heteroatoms. The summed E-state index contributed by atoms with van der Waals surface area (Å²) in [6, 6.07) is 15.7. The van der Waals surface area contributed by atoms with Crippen molar-refractivity contribution in [3.63, 3.8) is 0 Å². The van der Waals surface area contributed by atoms with Crippen molar-refractivity contribution in [3.05, 3.63) is 71.3 Å². The van der Waals surface area contributed by atoms with Gasteiger partial charge in [-0.3, -0.25) is 9.59 Å². The number of aliphatic carboxylic acids is 1. The van der Waals surface area contributed by atoms with Crippen LogP contribution in [0.1, 0.15) is 21.5 Å². The molecule has 0 aliphatic heterocycles. The lowest BCUT2D eigenvalue weighted by atomic mass is 10.0. The summed E-state index contributed by atoms with van der Waals surface area (Å²) in [5, 5.41) is 8.66. The molecular formula is C15H12O3. The van der Waals surface area contributed by atoms with Crippen LogP contribution in [0.3, 0.4) is 0 Å². The molecule has 1 N–H and O–H groups in total. The van der Waals surface area contributed by atoms with Gasteiger partial charge < -0.3 is 5.11 Å². The van der Waals surface area contributed by atoms with Gasteiger partial charge in [-0.2, -0.15) is 0 Å². The van der Waals surface area contributed by atoms with Crippen LogP contribution in [0.25, 0.3) is 0 Å². The molecule has 2 rings (SSSR count). The van der Waals surface area contributed by atoms with Crippen molar-refractivity contribution >= 4 is 11.8 Å². The van der Waals surface area contributed by atoms with Crippen LogP contribution in [-0.4, -0.2) is 16.9 Å². The van der Waals surface area contributed by atoms with Gasteiger partial charge in [0.2, 0.25) is 0 Å². The van der Waals surface area contributed by atoms with Gasteiger partial charge in [-0.15, -0.1) is 0 Å². The molecule has 0 aliphatic rings. The van der Waals surface area contributed by atoms with Gasteiger partial charge in [0.25, 0.3) is 0 Å². The number of hydrogen-bond acceptors (Lipinski definition) is 2. The molecule has 0 amide bonds. The zero-order valence-electron chi connectivity index (χ0n) is 9.67. The average molecular weight is 240 g/mol. The van der Waals surface area contributed by atoms with Crippen molar-refractivity contribution in [1.82, 2.24) is 0 Å². The molecule has 90 valence electrons. The van der Waals surface area contributed by atoms with Crippen LogP contribution < -0.4 is 0 Å². The zero-order valence-corrected chi connectivity index (χ0v) is 9.67.